The molecule has 3 N–H and O–H groups in total. The van der Waals surface area contributed by atoms with Crippen molar-refractivity contribution in [1.29, 1.82) is 0 Å². The molecule has 1 aliphatic heterocycles. The molecule has 0 fully saturated rings. The fourth-order valence-electron chi connectivity index (χ4n) is 3.93. The first-order valence-electron chi connectivity index (χ1n) is 11.1. The molecule has 3 aromatic rings. The number of nitrogens with zero attached hydrogens (tertiary/aromatic N) is 2. The molecule has 1 aliphatic rings. The summed E-state index contributed by atoms with van der Waals surface area (Å²) in [5.41, 5.74) is -0.0910. The number of carbonyl (C=O) groups excluding carboxylic acids is 2. The van der Waals surface area contributed by atoms with Gasteiger partial charge in [-0.25, -0.2) is 31.3 Å². The molecule has 3 amide bonds. The van der Waals surface area contributed by atoms with Gasteiger partial charge < -0.3 is 15.1 Å². The molecular weight excluding hydrogens is 552 g/mol. The van der Waals surface area contributed by atoms with Crippen molar-refractivity contribution >= 4 is 25.4 Å². The van der Waals surface area contributed by atoms with Crippen LogP contribution < -0.4 is 10.2 Å². The first-order chi connectivity index (χ1) is 18.3. The van der Waals surface area contributed by atoms with Gasteiger partial charge in [0, 0.05) is 35.9 Å². The highest BCUT2D eigenvalue weighted by Gasteiger charge is 2.33. The smallest absolute Gasteiger partial charge is 0.348 e. The second-order valence-electron chi connectivity index (χ2n) is 8.47. The molecule has 0 bridgehead atoms. The molecule has 0 spiro atoms. The zero-order valence-corrected chi connectivity index (χ0v) is 20.6. The second-order valence-corrected chi connectivity index (χ2v) is 9.71. The van der Waals surface area contributed by atoms with Crippen molar-refractivity contribution < 1.29 is 50.4 Å². The van der Waals surface area contributed by atoms with E-state index >= 15 is 0 Å². The molecule has 15 heteroatoms. The van der Waals surface area contributed by atoms with E-state index in [9.17, 15) is 36.1 Å². The summed E-state index contributed by atoms with van der Waals surface area (Å²) in [4.78, 5) is 45.9. The molecule has 206 valence electrons. The molecule has 0 radical (unpaired) electrons. The van der Waals surface area contributed by atoms with E-state index < -0.39 is 74.2 Å². The summed E-state index contributed by atoms with van der Waals surface area (Å²) in [5, 5.41) is 2.30. The Hall–Kier alpha value is -3.84. The van der Waals surface area contributed by atoms with Gasteiger partial charge in [-0.2, -0.15) is 0 Å². The zero-order valence-electron chi connectivity index (χ0n) is 19.7. The van der Waals surface area contributed by atoms with Crippen LogP contribution in [0.15, 0.2) is 48.5 Å². The van der Waals surface area contributed by atoms with Gasteiger partial charge in [-0.3, -0.25) is 19.1 Å². The monoisotopic (exact) mass is 571 g/mol. The quantitative estimate of drug-likeness (QED) is 0.274. The molecule has 0 unspecified atom stereocenters. The Labute approximate surface area is 217 Å². The van der Waals surface area contributed by atoms with Crippen LogP contribution in [0.4, 0.5) is 32.4 Å². The third-order valence-corrected chi connectivity index (χ3v) is 6.13. The topological polar surface area (TPSA) is 119 Å². The Kier molecular flexibility index (Phi) is 8.02. The molecule has 0 aliphatic carbocycles. The Balaban J connectivity index is 1.63. The minimum atomic E-state index is -4.95. The number of hydrogen-bond acceptors (Lipinski definition) is 4. The lowest BCUT2D eigenvalue weighted by Crippen LogP contribution is -2.47. The number of halogens is 5. The number of nitrogens with one attached hydrogen (secondary N) is 1. The van der Waals surface area contributed by atoms with E-state index in [0.717, 1.165) is 21.9 Å². The van der Waals surface area contributed by atoms with Gasteiger partial charge in [-0.1, -0.05) is 6.07 Å². The first kappa shape index (κ1) is 28.2. The summed E-state index contributed by atoms with van der Waals surface area (Å²) in [5.74, 6) is -6.16. The van der Waals surface area contributed by atoms with E-state index in [2.05, 4.69) is 9.84 Å². The number of phosphoric acid groups is 1. The van der Waals surface area contributed by atoms with Gasteiger partial charge in [0.05, 0.1) is 18.8 Å². The summed E-state index contributed by atoms with van der Waals surface area (Å²) < 4.78 is 84.2. The number of urea groups is 1. The maximum absolute atomic E-state index is 13.9. The maximum atomic E-state index is 13.9. The third kappa shape index (κ3) is 6.79. The number of amides is 3. The number of fused-ring (bicyclic) bond motifs is 1. The van der Waals surface area contributed by atoms with E-state index in [1.807, 2.05) is 0 Å². The van der Waals surface area contributed by atoms with Gasteiger partial charge in [0.1, 0.15) is 35.8 Å². The normalized spacial score (nSPS) is 13.5. The van der Waals surface area contributed by atoms with Gasteiger partial charge in [0.25, 0.3) is 5.91 Å². The molecule has 9 nitrogen and oxygen atoms in total. The number of phosphoric ester groups is 1. The van der Waals surface area contributed by atoms with Gasteiger partial charge in [0.2, 0.25) is 0 Å². The third-order valence-electron chi connectivity index (χ3n) is 5.68. The van der Waals surface area contributed by atoms with Crippen LogP contribution >= 0.6 is 7.82 Å². The molecule has 0 saturated heterocycles. The molecule has 0 atom stereocenters. The highest BCUT2D eigenvalue weighted by atomic mass is 31.2. The average Bonchev–Trinajstić information content (AvgIpc) is 2.82. The molecule has 39 heavy (non-hydrogen) atoms. The number of hydrogen-bond donors (Lipinski definition) is 3. The summed E-state index contributed by atoms with van der Waals surface area (Å²) in [6.07, 6.45) is 0. The molecule has 4 rings (SSSR count). The van der Waals surface area contributed by atoms with Gasteiger partial charge in [-0.15, -0.1) is 0 Å². The SMILES string of the molecule is O=C(NCc1c(F)cc(F)cc1F)c1ccc2c(c1)N(Cc1cc(F)cc(F)c1)C(=O)N(COP(=O)(O)O)C2. The number of rotatable bonds is 8. The van der Waals surface area contributed by atoms with Crippen LogP contribution in [0.5, 0.6) is 0 Å². The molecular formula is C24H19F5N3O6P. The lowest BCUT2D eigenvalue weighted by molar-refractivity contribution is 0.0946. The van der Waals surface area contributed by atoms with Crippen LogP contribution in [0.1, 0.15) is 27.0 Å². The van der Waals surface area contributed by atoms with Crippen molar-refractivity contribution in [2.75, 3.05) is 11.6 Å². The summed E-state index contributed by atoms with van der Waals surface area (Å²) >= 11 is 0. The molecule has 3 aromatic carbocycles. The van der Waals surface area contributed by atoms with E-state index in [-0.39, 0.29) is 23.4 Å². The lowest BCUT2D eigenvalue weighted by Gasteiger charge is -2.37. The number of anilines is 1. The predicted molar refractivity (Wildman–Crippen MR) is 125 cm³/mol. The van der Waals surface area contributed by atoms with Crippen molar-refractivity contribution in [3.05, 3.63) is 99.9 Å². The van der Waals surface area contributed by atoms with Crippen LogP contribution in [0, 0.1) is 29.1 Å². The Bertz CT molecular complexity index is 1460. The average molecular weight is 571 g/mol. The summed E-state index contributed by atoms with van der Waals surface area (Å²) in [6, 6.07) is 6.65. The maximum Gasteiger partial charge on any atom is 0.471 e. The highest BCUT2D eigenvalue weighted by Crippen LogP contribution is 2.37. The minimum Gasteiger partial charge on any atom is -0.348 e. The Morgan fingerprint density at radius 2 is 1.56 bits per heavy atom. The molecule has 1 heterocycles. The summed E-state index contributed by atoms with van der Waals surface area (Å²) in [7, 11) is -4.95. The summed E-state index contributed by atoms with van der Waals surface area (Å²) in [6.45, 7) is -2.03. The van der Waals surface area contributed by atoms with E-state index in [1.54, 1.807) is 0 Å². The van der Waals surface area contributed by atoms with E-state index in [0.29, 0.717) is 23.8 Å². The zero-order chi connectivity index (χ0) is 28.5. The van der Waals surface area contributed by atoms with Crippen LogP contribution in [0.2, 0.25) is 0 Å². The second kappa shape index (κ2) is 11.1. The van der Waals surface area contributed by atoms with Gasteiger partial charge in [-0.05, 0) is 35.4 Å². The van der Waals surface area contributed by atoms with E-state index in [1.165, 1.54) is 18.2 Å². The van der Waals surface area contributed by atoms with Crippen LogP contribution in [-0.4, -0.2) is 33.4 Å². The molecule has 0 aromatic heterocycles. The number of benzene rings is 3. The van der Waals surface area contributed by atoms with E-state index in [4.69, 9.17) is 9.79 Å². The first-order valence-corrected chi connectivity index (χ1v) is 12.6. The molecule has 0 saturated carbocycles. The van der Waals surface area contributed by atoms with Crippen LogP contribution in [0.3, 0.4) is 0 Å². The van der Waals surface area contributed by atoms with Crippen LogP contribution in [-0.2, 0) is 28.7 Å². The Morgan fingerprint density at radius 3 is 2.18 bits per heavy atom. The minimum absolute atomic E-state index is 0.0293. The van der Waals surface area contributed by atoms with Crippen molar-refractivity contribution in [3.8, 4) is 0 Å². The lowest BCUT2D eigenvalue weighted by atomic mass is 10.0. The van der Waals surface area contributed by atoms with Crippen molar-refractivity contribution in [2.24, 2.45) is 0 Å². The van der Waals surface area contributed by atoms with Crippen molar-refractivity contribution in [1.82, 2.24) is 10.2 Å². The van der Waals surface area contributed by atoms with Crippen LogP contribution in [0.25, 0.3) is 0 Å². The Morgan fingerprint density at radius 1 is 0.949 bits per heavy atom. The fraction of sp³-hybridized carbons (Fsp3) is 0.167. The van der Waals surface area contributed by atoms with Crippen molar-refractivity contribution in [3.63, 3.8) is 0 Å². The van der Waals surface area contributed by atoms with Gasteiger partial charge in [0.15, 0.2) is 0 Å². The fourth-order valence-corrected chi connectivity index (χ4v) is 4.22. The standard InChI is InChI=1S/C24H19F5N3O6P/c25-16-3-13(4-17(26)6-16)10-32-22-5-14(23(33)30-9-19-20(28)7-18(27)8-21(19)29)1-2-15(22)11-31(24(32)34)12-38-39(35,36)37/h1-8H,9-12H2,(H,30,33)(H2,35,36,37). The largest absolute Gasteiger partial charge is 0.471 e. The van der Waals surface area contributed by atoms with Gasteiger partial charge >= 0.3 is 13.9 Å². The number of carbonyl (C=O) groups is 2. The van der Waals surface area contributed by atoms with Crippen molar-refractivity contribution in [2.45, 2.75) is 19.6 Å². The predicted octanol–water partition coefficient (Wildman–Crippen LogP) is 4.32. The highest BCUT2D eigenvalue weighted by molar-refractivity contribution is 7.46.